The van der Waals surface area contributed by atoms with Crippen LogP contribution >= 0.6 is 0 Å². The van der Waals surface area contributed by atoms with Gasteiger partial charge in [-0.3, -0.25) is 4.79 Å². The Morgan fingerprint density at radius 3 is 2.94 bits per heavy atom. The van der Waals surface area contributed by atoms with Gasteiger partial charge in [0, 0.05) is 13.0 Å². The molecule has 0 aromatic rings. The molecule has 0 saturated carbocycles. The van der Waals surface area contributed by atoms with Gasteiger partial charge in [0.05, 0.1) is 12.7 Å². The Morgan fingerprint density at radius 1 is 1.38 bits per heavy atom. The van der Waals surface area contributed by atoms with Crippen LogP contribution in [0.25, 0.3) is 0 Å². The smallest absolute Gasteiger partial charge is 0.305 e. The first kappa shape index (κ1) is 13.5. The highest BCUT2D eigenvalue weighted by Crippen LogP contribution is 2.16. The van der Waals surface area contributed by atoms with Gasteiger partial charge in [0.25, 0.3) is 0 Å². The molecule has 0 N–H and O–H groups in total. The Kier molecular flexibility index (Phi) is 7.23. The summed E-state index contributed by atoms with van der Waals surface area (Å²) in [7, 11) is 0. The van der Waals surface area contributed by atoms with Crippen molar-refractivity contribution in [1.29, 1.82) is 0 Å². The zero-order valence-corrected chi connectivity index (χ0v) is 10.4. The third kappa shape index (κ3) is 6.11. The molecule has 1 aliphatic heterocycles. The highest BCUT2D eigenvalue weighted by Gasteiger charge is 2.14. The van der Waals surface area contributed by atoms with Crippen molar-refractivity contribution in [2.75, 3.05) is 13.2 Å². The molecule has 1 atom stereocenters. The molecule has 3 nitrogen and oxygen atoms in total. The molecule has 0 amide bonds. The van der Waals surface area contributed by atoms with E-state index < -0.39 is 0 Å². The minimum absolute atomic E-state index is 0.0409. The van der Waals surface area contributed by atoms with Crippen LogP contribution in [0.4, 0.5) is 0 Å². The highest BCUT2D eigenvalue weighted by molar-refractivity contribution is 5.69. The van der Waals surface area contributed by atoms with E-state index in [9.17, 15) is 4.79 Å². The maximum atomic E-state index is 11.3. The predicted molar refractivity (Wildman–Crippen MR) is 63.3 cm³/mol. The lowest BCUT2D eigenvalue weighted by Crippen LogP contribution is -2.09. The van der Waals surface area contributed by atoms with Crippen molar-refractivity contribution in [2.24, 2.45) is 0 Å². The van der Waals surface area contributed by atoms with Crippen LogP contribution in [0.15, 0.2) is 0 Å². The van der Waals surface area contributed by atoms with Gasteiger partial charge < -0.3 is 9.47 Å². The van der Waals surface area contributed by atoms with E-state index >= 15 is 0 Å². The molecule has 1 unspecified atom stereocenters. The van der Waals surface area contributed by atoms with E-state index in [4.69, 9.17) is 9.47 Å². The summed E-state index contributed by atoms with van der Waals surface area (Å²) in [4.78, 5) is 11.3. The zero-order valence-electron chi connectivity index (χ0n) is 10.4. The SMILES string of the molecule is CCCCCC(=O)OCCCC1CCCO1. The lowest BCUT2D eigenvalue weighted by atomic mass is 10.1. The molecule has 94 valence electrons. The molecule has 1 heterocycles. The van der Waals surface area contributed by atoms with Gasteiger partial charge in [-0.25, -0.2) is 0 Å². The van der Waals surface area contributed by atoms with Gasteiger partial charge in [0.1, 0.15) is 0 Å². The van der Waals surface area contributed by atoms with E-state index in [-0.39, 0.29) is 5.97 Å². The first-order chi connectivity index (χ1) is 7.83. The van der Waals surface area contributed by atoms with Gasteiger partial charge in [0.2, 0.25) is 0 Å². The number of unbranched alkanes of at least 4 members (excludes halogenated alkanes) is 2. The number of hydrogen-bond acceptors (Lipinski definition) is 3. The molecule has 1 fully saturated rings. The quantitative estimate of drug-likeness (QED) is 0.473. The van der Waals surface area contributed by atoms with Crippen molar-refractivity contribution in [3.8, 4) is 0 Å². The van der Waals surface area contributed by atoms with Crippen molar-refractivity contribution in [1.82, 2.24) is 0 Å². The molecule has 1 saturated heterocycles. The topological polar surface area (TPSA) is 35.5 Å². The van der Waals surface area contributed by atoms with E-state index in [0.717, 1.165) is 38.7 Å². The maximum absolute atomic E-state index is 11.3. The lowest BCUT2D eigenvalue weighted by Gasteiger charge is -2.09. The molecule has 0 bridgehead atoms. The lowest BCUT2D eigenvalue weighted by molar-refractivity contribution is -0.144. The molecular formula is C13H24O3. The van der Waals surface area contributed by atoms with Crippen molar-refractivity contribution in [2.45, 2.75) is 64.4 Å². The van der Waals surface area contributed by atoms with Crippen LogP contribution in [0.1, 0.15) is 58.3 Å². The molecule has 1 aliphatic rings. The zero-order chi connectivity index (χ0) is 11.6. The average molecular weight is 228 g/mol. The summed E-state index contributed by atoms with van der Waals surface area (Å²) in [6, 6.07) is 0. The Balaban J connectivity index is 1.87. The summed E-state index contributed by atoms with van der Waals surface area (Å²) in [6.07, 6.45) is 8.53. The summed E-state index contributed by atoms with van der Waals surface area (Å²) in [5.41, 5.74) is 0. The van der Waals surface area contributed by atoms with Gasteiger partial charge in [-0.2, -0.15) is 0 Å². The van der Waals surface area contributed by atoms with E-state index in [1.165, 1.54) is 12.8 Å². The summed E-state index contributed by atoms with van der Waals surface area (Å²) in [6.45, 7) is 3.60. The van der Waals surface area contributed by atoms with E-state index in [1.807, 2.05) is 0 Å². The molecule has 0 aromatic heterocycles. The molecule has 0 spiro atoms. The minimum Gasteiger partial charge on any atom is -0.466 e. The van der Waals surface area contributed by atoms with Crippen molar-refractivity contribution in [3.05, 3.63) is 0 Å². The third-order valence-electron chi connectivity index (χ3n) is 2.94. The Bertz CT molecular complexity index is 186. The Hall–Kier alpha value is -0.570. The molecule has 0 aromatic carbocycles. The Morgan fingerprint density at radius 2 is 2.25 bits per heavy atom. The number of carbonyl (C=O) groups excluding carboxylic acids is 1. The summed E-state index contributed by atoms with van der Waals surface area (Å²) < 4.78 is 10.7. The number of rotatable bonds is 8. The predicted octanol–water partition coefficient (Wildman–Crippen LogP) is 3.07. The fraction of sp³-hybridized carbons (Fsp3) is 0.923. The first-order valence-corrected chi connectivity index (χ1v) is 6.60. The van der Waals surface area contributed by atoms with E-state index in [1.54, 1.807) is 0 Å². The summed E-state index contributed by atoms with van der Waals surface area (Å²) in [5.74, 6) is -0.0409. The van der Waals surface area contributed by atoms with Crippen LogP contribution in [-0.2, 0) is 14.3 Å². The average Bonchev–Trinajstić information content (AvgIpc) is 2.78. The van der Waals surface area contributed by atoms with Crippen molar-refractivity contribution < 1.29 is 14.3 Å². The normalized spacial score (nSPS) is 19.9. The monoisotopic (exact) mass is 228 g/mol. The maximum Gasteiger partial charge on any atom is 0.305 e. The van der Waals surface area contributed by atoms with Gasteiger partial charge >= 0.3 is 5.97 Å². The molecule has 1 rings (SSSR count). The van der Waals surface area contributed by atoms with Crippen LogP contribution in [0.2, 0.25) is 0 Å². The van der Waals surface area contributed by atoms with Crippen molar-refractivity contribution >= 4 is 5.97 Å². The largest absolute Gasteiger partial charge is 0.466 e. The fourth-order valence-corrected chi connectivity index (χ4v) is 1.96. The number of hydrogen-bond donors (Lipinski definition) is 0. The minimum atomic E-state index is -0.0409. The van der Waals surface area contributed by atoms with Crippen LogP contribution in [0.3, 0.4) is 0 Å². The molecule has 0 radical (unpaired) electrons. The fourth-order valence-electron chi connectivity index (χ4n) is 1.96. The highest BCUT2D eigenvalue weighted by atomic mass is 16.5. The standard InChI is InChI=1S/C13H24O3/c1-2-3-4-9-13(14)16-11-6-8-12-7-5-10-15-12/h12H,2-11H2,1H3. The van der Waals surface area contributed by atoms with Gasteiger partial charge in [0.15, 0.2) is 0 Å². The first-order valence-electron chi connectivity index (χ1n) is 6.60. The summed E-state index contributed by atoms with van der Waals surface area (Å²) in [5, 5.41) is 0. The number of ether oxygens (including phenoxy) is 2. The van der Waals surface area contributed by atoms with Crippen LogP contribution in [-0.4, -0.2) is 25.3 Å². The van der Waals surface area contributed by atoms with E-state index in [0.29, 0.717) is 19.1 Å². The van der Waals surface area contributed by atoms with E-state index in [2.05, 4.69) is 6.92 Å². The molecule has 16 heavy (non-hydrogen) atoms. The van der Waals surface area contributed by atoms with Crippen LogP contribution in [0.5, 0.6) is 0 Å². The molecule has 3 heteroatoms. The number of carbonyl (C=O) groups is 1. The van der Waals surface area contributed by atoms with Crippen molar-refractivity contribution in [3.63, 3.8) is 0 Å². The second-order valence-electron chi connectivity index (χ2n) is 4.45. The third-order valence-corrected chi connectivity index (χ3v) is 2.94. The van der Waals surface area contributed by atoms with Gasteiger partial charge in [-0.15, -0.1) is 0 Å². The van der Waals surface area contributed by atoms with Gasteiger partial charge in [-0.05, 0) is 32.1 Å². The van der Waals surface area contributed by atoms with Crippen LogP contribution in [0, 0.1) is 0 Å². The number of esters is 1. The second-order valence-corrected chi connectivity index (χ2v) is 4.45. The van der Waals surface area contributed by atoms with Gasteiger partial charge in [-0.1, -0.05) is 19.8 Å². The van der Waals surface area contributed by atoms with Crippen LogP contribution < -0.4 is 0 Å². The molecule has 0 aliphatic carbocycles. The Labute approximate surface area is 98.5 Å². The molecular weight excluding hydrogens is 204 g/mol. The summed E-state index contributed by atoms with van der Waals surface area (Å²) >= 11 is 0. The second kappa shape index (κ2) is 8.57.